The summed E-state index contributed by atoms with van der Waals surface area (Å²) in [5, 5.41) is 13.6. The Balaban J connectivity index is 1.98. The van der Waals surface area contributed by atoms with E-state index in [1.165, 1.54) is 12.0 Å². The van der Waals surface area contributed by atoms with Gasteiger partial charge in [-0.25, -0.2) is 0 Å². The average molecular weight is 317 g/mol. The molecule has 2 fully saturated rings. The first kappa shape index (κ1) is 16.9. The molecule has 0 saturated heterocycles. The van der Waals surface area contributed by atoms with E-state index in [1.54, 1.807) is 0 Å². The van der Waals surface area contributed by atoms with Crippen molar-refractivity contribution >= 4 is 0 Å². The van der Waals surface area contributed by atoms with E-state index in [9.17, 15) is 5.11 Å². The van der Waals surface area contributed by atoms with Crippen LogP contribution in [0.4, 0.5) is 0 Å². The standard InChI is InChI=1S/C20H31NO2/c1-4-21-12-13-23-20(16-8-6-5-7-9-16)14-17-10-11-19(20,3)18(17,2)15-22/h5-9,17,21-22H,4,10-15H2,1-3H3. The van der Waals surface area contributed by atoms with Crippen LogP contribution in [0, 0.1) is 16.7 Å². The van der Waals surface area contributed by atoms with Gasteiger partial charge in [-0.1, -0.05) is 51.1 Å². The molecule has 3 rings (SSSR count). The lowest BCUT2D eigenvalue weighted by Gasteiger charge is -2.49. The van der Waals surface area contributed by atoms with Crippen LogP contribution in [0.25, 0.3) is 0 Å². The molecule has 0 aromatic heterocycles. The predicted molar refractivity (Wildman–Crippen MR) is 93.3 cm³/mol. The van der Waals surface area contributed by atoms with Crippen LogP contribution >= 0.6 is 0 Å². The number of likely N-dealkylation sites (N-methyl/N-ethyl adjacent to an activating group) is 1. The summed E-state index contributed by atoms with van der Waals surface area (Å²) < 4.78 is 6.64. The molecule has 1 aromatic rings. The second kappa shape index (κ2) is 6.19. The third kappa shape index (κ3) is 2.28. The molecule has 4 atom stereocenters. The van der Waals surface area contributed by atoms with Gasteiger partial charge in [0.05, 0.1) is 12.2 Å². The number of aliphatic hydroxyl groups is 1. The highest BCUT2D eigenvalue weighted by Crippen LogP contribution is 2.73. The molecule has 0 amide bonds. The molecule has 3 heteroatoms. The Bertz CT molecular complexity index is 534. The highest BCUT2D eigenvalue weighted by atomic mass is 16.5. The fourth-order valence-corrected chi connectivity index (χ4v) is 5.30. The fraction of sp³-hybridized carbons (Fsp3) is 0.700. The van der Waals surface area contributed by atoms with Crippen molar-refractivity contribution in [2.75, 3.05) is 26.3 Å². The van der Waals surface area contributed by atoms with E-state index in [-0.39, 0.29) is 23.0 Å². The van der Waals surface area contributed by atoms with Crippen LogP contribution in [-0.2, 0) is 10.3 Å². The van der Waals surface area contributed by atoms with E-state index in [2.05, 4.69) is 56.4 Å². The predicted octanol–water partition coefficient (Wildman–Crippen LogP) is 3.33. The first-order valence-corrected chi connectivity index (χ1v) is 9.05. The van der Waals surface area contributed by atoms with Crippen molar-refractivity contribution < 1.29 is 9.84 Å². The van der Waals surface area contributed by atoms with Crippen LogP contribution in [0.2, 0.25) is 0 Å². The molecule has 0 spiro atoms. The highest BCUT2D eigenvalue weighted by Gasteiger charge is 2.71. The third-order valence-corrected chi connectivity index (χ3v) is 7.03. The van der Waals surface area contributed by atoms with Crippen molar-refractivity contribution in [1.82, 2.24) is 5.32 Å². The van der Waals surface area contributed by atoms with Crippen LogP contribution < -0.4 is 5.32 Å². The van der Waals surface area contributed by atoms with Gasteiger partial charge in [-0.15, -0.1) is 0 Å². The molecule has 0 aliphatic heterocycles. The zero-order valence-corrected chi connectivity index (χ0v) is 14.8. The molecule has 128 valence electrons. The van der Waals surface area contributed by atoms with Crippen molar-refractivity contribution in [2.24, 2.45) is 16.7 Å². The second-order valence-electron chi connectivity index (χ2n) is 7.74. The molecular formula is C20H31NO2. The molecule has 23 heavy (non-hydrogen) atoms. The Kier molecular flexibility index (Phi) is 4.56. The van der Waals surface area contributed by atoms with Crippen LogP contribution in [0.15, 0.2) is 30.3 Å². The average Bonchev–Trinajstić information content (AvgIpc) is 2.94. The summed E-state index contributed by atoms with van der Waals surface area (Å²) in [5.74, 6) is 0.539. The normalized spacial score (nSPS) is 39.0. The molecule has 0 heterocycles. The summed E-state index contributed by atoms with van der Waals surface area (Å²) in [6.45, 7) is 9.54. The molecule has 2 bridgehead atoms. The molecule has 2 aliphatic carbocycles. The molecule has 2 saturated carbocycles. The van der Waals surface area contributed by atoms with E-state index in [1.807, 2.05) is 0 Å². The Hall–Kier alpha value is -0.900. The minimum Gasteiger partial charge on any atom is -0.396 e. The van der Waals surface area contributed by atoms with E-state index in [4.69, 9.17) is 4.74 Å². The molecular weight excluding hydrogens is 286 g/mol. The van der Waals surface area contributed by atoms with Gasteiger partial charge >= 0.3 is 0 Å². The van der Waals surface area contributed by atoms with Crippen molar-refractivity contribution in [3.05, 3.63) is 35.9 Å². The summed E-state index contributed by atoms with van der Waals surface area (Å²) in [7, 11) is 0. The summed E-state index contributed by atoms with van der Waals surface area (Å²) >= 11 is 0. The van der Waals surface area contributed by atoms with Crippen LogP contribution in [0.3, 0.4) is 0 Å². The largest absolute Gasteiger partial charge is 0.396 e. The van der Waals surface area contributed by atoms with Crippen molar-refractivity contribution in [3.8, 4) is 0 Å². The van der Waals surface area contributed by atoms with Gasteiger partial charge in [-0.05, 0) is 37.3 Å². The molecule has 2 aliphatic rings. The van der Waals surface area contributed by atoms with E-state index in [0.29, 0.717) is 12.5 Å². The summed E-state index contributed by atoms with van der Waals surface area (Å²) in [5.41, 5.74) is 0.929. The molecule has 4 unspecified atom stereocenters. The van der Waals surface area contributed by atoms with Gasteiger partial charge in [0.1, 0.15) is 0 Å². The Morgan fingerprint density at radius 3 is 2.61 bits per heavy atom. The van der Waals surface area contributed by atoms with Gasteiger partial charge in [-0.3, -0.25) is 0 Å². The van der Waals surface area contributed by atoms with E-state index >= 15 is 0 Å². The lowest BCUT2D eigenvalue weighted by atomic mass is 9.61. The first-order chi connectivity index (χ1) is 11.0. The van der Waals surface area contributed by atoms with Gasteiger partial charge < -0.3 is 15.2 Å². The molecule has 1 aromatic carbocycles. The lowest BCUT2D eigenvalue weighted by Crippen LogP contribution is -2.49. The van der Waals surface area contributed by atoms with Crippen molar-refractivity contribution in [2.45, 2.75) is 45.6 Å². The second-order valence-corrected chi connectivity index (χ2v) is 7.74. The number of ether oxygens (including phenoxy) is 1. The van der Waals surface area contributed by atoms with Gasteiger partial charge in [0.15, 0.2) is 0 Å². The van der Waals surface area contributed by atoms with E-state index < -0.39 is 0 Å². The summed E-state index contributed by atoms with van der Waals surface area (Å²) in [6.07, 6.45) is 3.36. The van der Waals surface area contributed by atoms with Crippen molar-refractivity contribution in [3.63, 3.8) is 0 Å². The highest BCUT2D eigenvalue weighted by molar-refractivity contribution is 5.33. The first-order valence-electron chi connectivity index (χ1n) is 9.05. The monoisotopic (exact) mass is 317 g/mol. The summed E-state index contributed by atoms with van der Waals surface area (Å²) in [6, 6.07) is 10.7. The van der Waals surface area contributed by atoms with Gasteiger partial charge in [0, 0.05) is 24.0 Å². The van der Waals surface area contributed by atoms with E-state index in [0.717, 1.165) is 25.9 Å². The zero-order valence-electron chi connectivity index (χ0n) is 14.8. The number of fused-ring (bicyclic) bond motifs is 2. The van der Waals surface area contributed by atoms with Gasteiger partial charge in [-0.2, -0.15) is 0 Å². The number of benzene rings is 1. The van der Waals surface area contributed by atoms with Crippen LogP contribution in [0.5, 0.6) is 0 Å². The quantitative estimate of drug-likeness (QED) is 0.758. The topological polar surface area (TPSA) is 41.5 Å². The third-order valence-electron chi connectivity index (χ3n) is 7.03. The minimum atomic E-state index is -0.274. The van der Waals surface area contributed by atoms with Gasteiger partial charge in [0.25, 0.3) is 0 Å². The molecule has 2 N–H and O–H groups in total. The zero-order chi connectivity index (χ0) is 16.6. The van der Waals surface area contributed by atoms with Crippen LogP contribution in [0.1, 0.15) is 45.6 Å². The maximum absolute atomic E-state index is 10.2. The lowest BCUT2D eigenvalue weighted by molar-refractivity contribution is -0.152. The maximum atomic E-state index is 10.2. The minimum absolute atomic E-state index is 0.0208. The smallest absolute Gasteiger partial charge is 0.0994 e. The number of hydrogen-bond donors (Lipinski definition) is 2. The molecule has 3 nitrogen and oxygen atoms in total. The summed E-state index contributed by atoms with van der Waals surface area (Å²) in [4.78, 5) is 0. The van der Waals surface area contributed by atoms with Gasteiger partial charge in [0.2, 0.25) is 0 Å². The Morgan fingerprint density at radius 1 is 1.26 bits per heavy atom. The maximum Gasteiger partial charge on any atom is 0.0994 e. The van der Waals surface area contributed by atoms with Crippen molar-refractivity contribution in [1.29, 1.82) is 0 Å². The number of aliphatic hydroxyl groups excluding tert-OH is 1. The number of hydrogen-bond acceptors (Lipinski definition) is 3. The number of rotatable bonds is 7. The number of nitrogens with one attached hydrogen (secondary N) is 1. The Morgan fingerprint density at radius 2 is 2.00 bits per heavy atom. The van der Waals surface area contributed by atoms with Crippen LogP contribution in [-0.4, -0.2) is 31.4 Å². The molecule has 0 radical (unpaired) electrons. The fourth-order valence-electron chi connectivity index (χ4n) is 5.30. The Labute approximate surface area is 140 Å². The SMILES string of the molecule is CCNCCOC1(c2ccccc2)CC2CCC1(C)C2(C)CO.